The molecule has 1 aromatic carbocycles. The lowest BCUT2D eigenvalue weighted by atomic mass is 10.2. The van der Waals surface area contributed by atoms with E-state index in [-0.39, 0.29) is 0 Å². The van der Waals surface area contributed by atoms with Crippen LogP contribution in [0.2, 0.25) is 5.15 Å². The first-order valence-electron chi connectivity index (χ1n) is 6.60. The first-order chi connectivity index (χ1) is 9.61. The van der Waals surface area contributed by atoms with Gasteiger partial charge in [-0.3, -0.25) is 0 Å². The molecule has 2 heterocycles. The predicted octanol–water partition coefficient (Wildman–Crippen LogP) is 4.62. The van der Waals surface area contributed by atoms with Gasteiger partial charge in [0.05, 0.1) is 11.0 Å². The fraction of sp³-hybridized carbons (Fsp3) is 0.333. The summed E-state index contributed by atoms with van der Waals surface area (Å²) in [6.07, 6.45) is 2.04. The molecule has 0 amide bonds. The van der Waals surface area contributed by atoms with Gasteiger partial charge in [0.25, 0.3) is 0 Å². The number of benzene rings is 1. The van der Waals surface area contributed by atoms with Gasteiger partial charge in [-0.1, -0.05) is 55.4 Å². The van der Waals surface area contributed by atoms with Crippen LogP contribution in [0.15, 0.2) is 29.4 Å². The molecule has 0 aliphatic heterocycles. The average Bonchev–Trinajstić information content (AvgIpc) is 2.78. The summed E-state index contributed by atoms with van der Waals surface area (Å²) in [5.74, 6) is 0.545. The van der Waals surface area contributed by atoms with Gasteiger partial charge in [-0.15, -0.1) is 0 Å². The first kappa shape index (κ1) is 13.7. The Morgan fingerprint density at radius 3 is 2.70 bits per heavy atom. The first-order valence-corrected chi connectivity index (χ1v) is 8.20. The molecular weight excluding hydrogens is 290 g/mol. The van der Waals surface area contributed by atoms with Crippen molar-refractivity contribution in [2.75, 3.05) is 6.26 Å². The standard InChI is InChI=1S/C15H16ClN3S/c1-9(2)8-19-13-10-6-4-5-7-11(10)17-14(16)12(13)18-15(19)20-3/h4-7,9H,8H2,1-3H3. The van der Waals surface area contributed by atoms with E-state index in [1.165, 1.54) is 0 Å². The maximum Gasteiger partial charge on any atom is 0.168 e. The number of nitrogens with zero attached hydrogens (tertiary/aromatic N) is 3. The number of rotatable bonds is 3. The van der Waals surface area contributed by atoms with E-state index in [4.69, 9.17) is 11.6 Å². The monoisotopic (exact) mass is 305 g/mol. The summed E-state index contributed by atoms with van der Waals surface area (Å²) in [7, 11) is 0. The van der Waals surface area contributed by atoms with Crippen molar-refractivity contribution in [1.29, 1.82) is 0 Å². The van der Waals surface area contributed by atoms with E-state index in [2.05, 4.69) is 34.4 Å². The summed E-state index contributed by atoms with van der Waals surface area (Å²) in [6.45, 7) is 5.35. The molecule has 2 aromatic heterocycles. The Bertz CT molecular complexity index is 779. The molecule has 0 unspecified atom stereocenters. The summed E-state index contributed by atoms with van der Waals surface area (Å²) >= 11 is 7.96. The molecule has 3 aromatic rings. The molecule has 0 saturated carbocycles. The second kappa shape index (κ2) is 5.26. The molecule has 0 atom stereocenters. The normalized spacial score (nSPS) is 11.8. The van der Waals surface area contributed by atoms with Crippen molar-refractivity contribution < 1.29 is 0 Å². The average molecular weight is 306 g/mol. The highest BCUT2D eigenvalue weighted by Crippen LogP contribution is 2.32. The molecule has 0 bridgehead atoms. The molecule has 0 saturated heterocycles. The molecule has 3 rings (SSSR count). The number of aromatic nitrogens is 3. The maximum atomic E-state index is 6.32. The van der Waals surface area contributed by atoms with Gasteiger partial charge >= 0.3 is 0 Å². The van der Waals surface area contributed by atoms with Gasteiger partial charge in [0.2, 0.25) is 0 Å². The van der Waals surface area contributed by atoms with Crippen LogP contribution in [0, 0.1) is 5.92 Å². The van der Waals surface area contributed by atoms with Crippen molar-refractivity contribution in [1.82, 2.24) is 14.5 Å². The molecule has 5 heteroatoms. The molecule has 0 spiro atoms. The third-order valence-corrected chi connectivity index (χ3v) is 4.18. The third kappa shape index (κ3) is 2.17. The van der Waals surface area contributed by atoms with Gasteiger partial charge in [-0.25, -0.2) is 9.97 Å². The van der Waals surface area contributed by atoms with E-state index >= 15 is 0 Å². The van der Waals surface area contributed by atoms with Gasteiger partial charge in [0.1, 0.15) is 5.52 Å². The maximum absolute atomic E-state index is 6.32. The van der Waals surface area contributed by atoms with Gasteiger partial charge in [-0.05, 0) is 18.2 Å². The van der Waals surface area contributed by atoms with Crippen molar-refractivity contribution in [3.63, 3.8) is 0 Å². The van der Waals surface area contributed by atoms with Crippen LogP contribution in [0.4, 0.5) is 0 Å². The Balaban J connectivity index is 2.44. The number of imidazole rings is 1. The molecule has 0 aliphatic carbocycles. The van der Waals surface area contributed by atoms with Crippen LogP contribution >= 0.6 is 23.4 Å². The van der Waals surface area contributed by atoms with Crippen molar-refractivity contribution in [2.45, 2.75) is 25.5 Å². The number of thioether (sulfide) groups is 1. The Kier molecular flexibility index (Phi) is 3.61. The molecular formula is C15H16ClN3S. The number of fused-ring (bicyclic) bond motifs is 3. The SMILES string of the molecule is CSc1nc2c(Cl)nc3ccccc3c2n1CC(C)C. The minimum Gasteiger partial charge on any atom is -0.318 e. The topological polar surface area (TPSA) is 30.7 Å². The van der Waals surface area contributed by atoms with Crippen molar-refractivity contribution in [3.05, 3.63) is 29.4 Å². The quantitative estimate of drug-likeness (QED) is 0.523. The van der Waals surface area contributed by atoms with E-state index in [0.29, 0.717) is 11.1 Å². The highest BCUT2D eigenvalue weighted by Gasteiger charge is 2.17. The second-order valence-corrected chi connectivity index (χ2v) is 6.35. The van der Waals surface area contributed by atoms with Crippen LogP contribution in [0.5, 0.6) is 0 Å². The summed E-state index contributed by atoms with van der Waals surface area (Å²) in [5, 5.41) is 2.59. The Morgan fingerprint density at radius 2 is 2.00 bits per heavy atom. The van der Waals surface area contributed by atoms with E-state index in [0.717, 1.165) is 33.6 Å². The van der Waals surface area contributed by atoms with Crippen LogP contribution in [0.25, 0.3) is 21.9 Å². The van der Waals surface area contributed by atoms with E-state index in [1.54, 1.807) is 11.8 Å². The number of hydrogen-bond donors (Lipinski definition) is 0. The lowest BCUT2D eigenvalue weighted by Gasteiger charge is -2.11. The van der Waals surface area contributed by atoms with Crippen LogP contribution in [0.3, 0.4) is 0 Å². The lowest BCUT2D eigenvalue weighted by Crippen LogP contribution is -2.05. The van der Waals surface area contributed by atoms with Crippen LogP contribution in [-0.2, 0) is 6.54 Å². The molecule has 0 radical (unpaired) electrons. The van der Waals surface area contributed by atoms with Crippen molar-refractivity contribution in [3.8, 4) is 0 Å². The second-order valence-electron chi connectivity index (χ2n) is 5.22. The molecule has 3 nitrogen and oxygen atoms in total. The molecule has 0 aliphatic rings. The number of hydrogen-bond acceptors (Lipinski definition) is 3. The Labute approximate surface area is 127 Å². The zero-order valence-electron chi connectivity index (χ0n) is 11.7. The summed E-state index contributed by atoms with van der Waals surface area (Å²) < 4.78 is 2.26. The predicted molar refractivity (Wildman–Crippen MR) is 86.7 cm³/mol. The number of pyridine rings is 1. The van der Waals surface area contributed by atoms with Gasteiger partial charge in [-0.2, -0.15) is 0 Å². The fourth-order valence-electron chi connectivity index (χ4n) is 2.47. The van der Waals surface area contributed by atoms with Crippen LogP contribution in [0.1, 0.15) is 13.8 Å². The van der Waals surface area contributed by atoms with Crippen molar-refractivity contribution >= 4 is 45.3 Å². The van der Waals surface area contributed by atoms with Crippen molar-refractivity contribution in [2.24, 2.45) is 5.92 Å². The Hall–Kier alpha value is -1.26. The zero-order valence-corrected chi connectivity index (χ0v) is 13.3. The van der Waals surface area contributed by atoms with Gasteiger partial charge in [0.15, 0.2) is 10.3 Å². The number of para-hydroxylation sites is 1. The molecule has 104 valence electrons. The highest BCUT2D eigenvalue weighted by atomic mass is 35.5. The largest absolute Gasteiger partial charge is 0.318 e. The minimum atomic E-state index is 0.483. The van der Waals surface area contributed by atoms with E-state index in [1.807, 2.05) is 24.5 Å². The lowest BCUT2D eigenvalue weighted by molar-refractivity contribution is 0.506. The highest BCUT2D eigenvalue weighted by molar-refractivity contribution is 7.98. The smallest absolute Gasteiger partial charge is 0.168 e. The van der Waals surface area contributed by atoms with Gasteiger partial charge in [0, 0.05) is 11.9 Å². The molecule has 0 N–H and O–H groups in total. The third-order valence-electron chi connectivity index (χ3n) is 3.24. The molecule has 20 heavy (non-hydrogen) atoms. The Morgan fingerprint density at radius 1 is 1.25 bits per heavy atom. The fourth-order valence-corrected chi connectivity index (χ4v) is 3.26. The van der Waals surface area contributed by atoms with E-state index < -0.39 is 0 Å². The van der Waals surface area contributed by atoms with Crippen LogP contribution in [-0.4, -0.2) is 20.8 Å². The summed E-state index contributed by atoms with van der Waals surface area (Å²) in [6, 6.07) is 8.09. The summed E-state index contributed by atoms with van der Waals surface area (Å²) in [4.78, 5) is 9.12. The van der Waals surface area contributed by atoms with Crippen LogP contribution < -0.4 is 0 Å². The minimum absolute atomic E-state index is 0.483. The van der Waals surface area contributed by atoms with E-state index in [9.17, 15) is 0 Å². The number of halogens is 1. The summed E-state index contributed by atoms with van der Waals surface area (Å²) in [5.41, 5.74) is 2.82. The zero-order chi connectivity index (χ0) is 14.3. The molecule has 0 fully saturated rings. The van der Waals surface area contributed by atoms with Gasteiger partial charge < -0.3 is 4.57 Å².